The van der Waals surface area contributed by atoms with E-state index >= 15 is 0 Å². The van der Waals surface area contributed by atoms with Crippen LogP contribution in [0.5, 0.6) is 0 Å². The van der Waals surface area contributed by atoms with Crippen molar-refractivity contribution in [3.63, 3.8) is 0 Å². The lowest BCUT2D eigenvalue weighted by molar-refractivity contribution is -0.592. The van der Waals surface area contributed by atoms with Crippen LogP contribution in [0.1, 0.15) is 22.1 Å². The number of carbonyl (C=O) groups excluding carboxylic acids is 1. The van der Waals surface area contributed by atoms with Crippen molar-refractivity contribution in [2.45, 2.75) is 6.23 Å². The van der Waals surface area contributed by atoms with E-state index in [9.17, 15) is 15.1 Å². The van der Waals surface area contributed by atoms with Gasteiger partial charge in [0.15, 0.2) is 0 Å². The first kappa shape index (κ1) is 10.7. The molecule has 0 fully saturated rings. The lowest BCUT2D eigenvalue weighted by Crippen LogP contribution is -2.39. The van der Waals surface area contributed by atoms with Crippen LogP contribution in [0.25, 0.3) is 0 Å². The standard InChI is InChI=1S/C13H10N2O3/c16-12-9-5-1-2-6-10(9)13(17)15(12)11-7-3-4-8-14(11)18/h1-8,12,16H. The number of hydrogen-bond donors (Lipinski definition) is 1. The summed E-state index contributed by atoms with van der Waals surface area (Å²) in [6.45, 7) is 0. The third-order valence-electron chi connectivity index (χ3n) is 2.98. The molecule has 2 heterocycles. The van der Waals surface area contributed by atoms with Crippen molar-refractivity contribution in [1.29, 1.82) is 0 Å². The fourth-order valence-corrected chi connectivity index (χ4v) is 2.13. The molecular weight excluding hydrogens is 232 g/mol. The molecule has 1 amide bonds. The summed E-state index contributed by atoms with van der Waals surface area (Å²) in [6, 6.07) is 11.5. The minimum atomic E-state index is -1.11. The number of hydrogen-bond acceptors (Lipinski definition) is 3. The van der Waals surface area contributed by atoms with Crippen molar-refractivity contribution in [2.75, 3.05) is 4.90 Å². The first-order valence-electron chi connectivity index (χ1n) is 5.49. The Balaban J connectivity index is 2.13. The topological polar surface area (TPSA) is 67.5 Å². The number of pyridine rings is 1. The Kier molecular flexibility index (Phi) is 2.28. The van der Waals surface area contributed by atoms with Gasteiger partial charge in [-0.15, -0.1) is 0 Å². The molecule has 18 heavy (non-hydrogen) atoms. The Morgan fingerprint density at radius 3 is 2.61 bits per heavy atom. The number of benzene rings is 1. The molecule has 1 atom stereocenters. The zero-order valence-corrected chi connectivity index (χ0v) is 9.35. The maximum Gasteiger partial charge on any atom is 0.344 e. The highest BCUT2D eigenvalue weighted by Crippen LogP contribution is 2.33. The molecule has 0 bridgehead atoms. The highest BCUT2D eigenvalue weighted by molar-refractivity contribution is 6.09. The second kappa shape index (κ2) is 3.82. The highest BCUT2D eigenvalue weighted by atomic mass is 16.5. The largest absolute Gasteiger partial charge is 0.711 e. The fraction of sp³-hybridized carbons (Fsp3) is 0.0769. The molecule has 0 spiro atoms. The van der Waals surface area contributed by atoms with E-state index in [0.29, 0.717) is 15.9 Å². The summed E-state index contributed by atoms with van der Waals surface area (Å²) in [7, 11) is 0. The third kappa shape index (κ3) is 1.38. The van der Waals surface area contributed by atoms with Gasteiger partial charge in [0.1, 0.15) is 0 Å². The molecule has 3 rings (SSSR count). The van der Waals surface area contributed by atoms with Gasteiger partial charge in [-0.25, -0.2) is 9.52 Å². The van der Waals surface area contributed by atoms with Crippen LogP contribution in [0, 0.1) is 5.21 Å². The Hall–Kier alpha value is -2.40. The molecule has 1 aromatic heterocycles. The molecule has 1 unspecified atom stereocenters. The predicted octanol–water partition coefficient (Wildman–Crippen LogP) is 0.971. The molecule has 5 heteroatoms. The van der Waals surface area contributed by atoms with Crippen LogP contribution in [0.15, 0.2) is 48.7 Å². The Morgan fingerprint density at radius 1 is 1.17 bits per heavy atom. The second-order valence-corrected chi connectivity index (χ2v) is 4.02. The summed E-state index contributed by atoms with van der Waals surface area (Å²) < 4.78 is 0.562. The number of fused-ring (bicyclic) bond motifs is 1. The highest BCUT2D eigenvalue weighted by Gasteiger charge is 2.43. The van der Waals surface area contributed by atoms with Crippen molar-refractivity contribution in [2.24, 2.45) is 0 Å². The molecule has 0 aliphatic carbocycles. The van der Waals surface area contributed by atoms with E-state index in [-0.39, 0.29) is 11.7 Å². The zero-order chi connectivity index (χ0) is 12.7. The van der Waals surface area contributed by atoms with Crippen LogP contribution < -0.4 is 9.63 Å². The Morgan fingerprint density at radius 2 is 1.89 bits per heavy atom. The normalized spacial score (nSPS) is 17.9. The van der Waals surface area contributed by atoms with E-state index < -0.39 is 6.23 Å². The molecule has 0 radical (unpaired) electrons. The van der Waals surface area contributed by atoms with Gasteiger partial charge < -0.3 is 10.3 Å². The van der Waals surface area contributed by atoms with Crippen molar-refractivity contribution < 1.29 is 14.6 Å². The number of aliphatic hydroxyl groups is 1. The molecule has 90 valence electrons. The number of carbonyl (C=O) groups is 1. The molecule has 2 aromatic rings. The van der Waals surface area contributed by atoms with Gasteiger partial charge in [0.05, 0.1) is 11.8 Å². The molecule has 0 saturated heterocycles. The first-order valence-corrected chi connectivity index (χ1v) is 5.49. The molecule has 1 aliphatic heterocycles. The molecule has 1 aromatic carbocycles. The minimum absolute atomic E-state index is 0.117. The monoisotopic (exact) mass is 242 g/mol. The van der Waals surface area contributed by atoms with E-state index in [1.807, 2.05) is 0 Å². The van der Waals surface area contributed by atoms with Crippen LogP contribution in [-0.4, -0.2) is 11.0 Å². The minimum Gasteiger partial charge on any atom is -0.711 e. The van der Waals surface area contributed by atoms with Gasteiger partial charge >= 0.3 is 5.91 Å². The lowest BCUT2D eigenvalue weighted by atomic mass is 10.1. The maximum atomic E-state index is 12.2. The molecule has 1 N–H and O–H groups in total. The van der Waals surface area contributed by atoms with Gasteiger partial charge in [0.2, 0.25) is 6.23 Å². The van der Waals surface area contributed by atoms with Gasteiger partial charge in [-0.1, -0.05) is 24.3 Å². The van der Waals surface area contributed by atoms with Crippen LogP contribution >= 0.6 is 0 Å². The van der Waals surface area contributed by atoms with Crippen molar-refractivity contribution >= 4 is 11.7 Å². The van der Waals surface area contributed by atoms with Gasteiger partial charge in [0, 0.05) is 11.6 Å². The van der Waals surface area contributed by atoms with Gasteiger partial charge in [-0.05, 0) is 12.1 Å². The van der Waals surface area contributed by atoms with E-state index in [4.69, 9.17) is 0 Å². The number of aliphatic hydroxyl groups excluding tert-OH is 1. The van der Waals surface area contributed by atoms with E-state index in [1.54, 1.807) is 36.4 Å². The summed E-state index contributed by atoms with van der Waals surface area (Å²) in [5.74, 6) is -0.250. The number of anilines is 1. The van der Waals surface area contributed by atoms with Crippen LogP contribution in [0.3, 0.4) is 0 Å². The van der Waals surface area contributed by atoms with Crippen LogP contribution in [0.4, 0.5) is 5.82 Å². The van der Waals surface area contributed by atoms with E-state index in [2.05, 4.69) is 0 Å². The first-order chi connectivity index (χ1) is 8.70. The smallest absolute Gasteiger partial charge is 0.344 e. The second-order valence-electron chi connectivity index (χ2n) is 4.02. The lowest BCUT2D eigenvalue weighted by Gasteiger charge is -2.16. The summed E-state index contributed by atoms with van der Waals surface area (Å²) in [6.07, 6.45) is 0.175. The summed E-state index contributed by atoms with van der Waals surface area (Å²) >= 11 is 0. The number of amides is 1. The van der Waals surface area contributed by atoms with Crippen LogP contribution in [0.2, 0.25) is 0 Å². The Labute approximate surface area is 103 Å². The SMILES string of the molecule is O=C1c2ccccc2C(O)N1c1cccc[n+]1[O-]. The quantitative estimate of drug-likeness (QED) is 0.598. The average Bonchev–Trinajstić information content (AvgIpc) is 2.64. The van der Waals surface area contributed by atoms with Gasteiger partial charge in [-0.3, -0.25) is 0 Å². The molecular formula is C13H10N2O3. The number of nitrogens with zero attached hydrogens (tertiary/aromatic N) is 2. The zero-order valence-electron chi connectivity index (χ0n) is 9.35. The van der Waals surface area contributed by atoms with Crippen molar-refractivity contribution in [3.8, 4) is 0 Å². The molecule has 0 saturated carbocycles. The van der Waals surface area contributed by atoms with Gasteiger partial charge in [-0.2, -0.15) is 4.90 Å². The third-order valence-corrected chi connectivity index (χ3v) is 2.98. The summed E-state index contributed by atoms with van der Waals surface area (Å²) in [4.78, 5) is 13.3. The van der Waals surface area contributed by atoms with Crippen molar-refractivity contribution in [1.82, 2.24) is 0 Å². The summed E-state index contributed by atoms with van der Waals surface area (Å²) in [5, 5.41) is 21.8. The van der Waals surface area contributed by atoms with E-state index in [0.717, 1.165) is 4.90 Å². The fourth-order valence-electron chi connectivity index (χ4n) is 2.13. The van der Waals surface area contributed by atoms with Crippen LogP contribution in [-0.2, 0) is 0 Å². The summed E-state index contributed by atoms with van der Waals surface area (Å²) in [5.41, 5.74) is 0.945. The van der Waals surface area contributed by atoms with Crippen molar-refractivity contribution in [3.05, 3.63) is 65.0 Å². The van der Waals surface area contributed by atoms with Gasteiger partial charge in [0.25, 0.3) is 5.82 Å². The average molecular weight is 242 g/mol. The Bertz CT molecular complexity index is 627. The molecule has 5 nitrogen and oxygen atoms in total. The number of aromatic nitrogens is 1. The molecule has 1 aliphatic rings. The predicted molar refractivity (Wildman–Crippen MR) is 63.6 cm³/mol. The maximum absolute atomic E-state index is 12.2. The number of rotatable bonds is 1. The van der Waals surface area contributed by atoms with E-state index in [1.165, 1.54) is 12.3 Å².